The summed E-state index contributed by atoms with van der Waals surface area (Å²) in [6.07, 6.45) is 4.18. The van der Waals surface area contributed by atoms with Crippen molar-refractivity contribution in [3.63, 3.8) is 0 Å². The Morgan fingerprint density at radius 3 is 2.36 bits per heavy atom. The summed E-state index contributed by atoms with van der Waals surface area (Å²) in [7, 11) is 3.85. The zero-order chi connectivity index (χ0) is 56.5. The highest BCUT2D eigenvalue weighted by molar-refractivity contribution is 6.36. The number of aryl methyl sites for hydroxylation is 2. The number of carbonyl (C=O) groups excluding carboxylic acids is 2. The van der Waals surface area contributed by atoms with Crippen molar-refractivity contribution in [2.24, 2.45) is 7.05 Å². The number of nitrogens with one attached hydrogen (secondary N) is 2. The number of halogens is 6. The van der Waals surface area contributed by atoms with Crippen molar-refractivity contribution >= 4 is 79.4 Å². The number of ether oxygens (including phenoxy) is 1. The Kier molecular flexibility index (Phi) is 14.6. The van der Waals surface area contributed by atoms with Crippen molar-refractivity contribution in [2.45, 2.75) is 77.3 Å². The van der Waals surface area contributed by atoms with Gasteiger partial charge in [0.15, 0.2) is 5.82 Å². The molecule has 8 heterocycles. The summed E-state index contributed by atoms with van der Waals surface area (Å²) in [4.78, 5) is 46.5. The molecule has 2 amide bonds. The number of aromatic nitrogens is 9. The number of benzene rings is 3. The van der Waals surface area contributed by atoms with Gasteiger partial charge in [0.05, 0.1) is 56.3 Å². The summed E-state index contributed by atoms with van der Waals surface area (Å²) in [6.45, 7) is 15.4. The van der Waals surface area contributed by atoms with E-state index in [4.69, 9.17) is 38.0 Å². The Balaban J connectivity index is 0.993. The number of anilines is 2. The van der Waals surface area contributed by atoms with Crippen LogP contribution in [-0.2, 0) is 29.4 Å². The van der Waals surface area contributed by atoms with Gasteiger partial charge in [0.1, 0.15) is 29.5 Å². The van der Waals surface area contributed by atoms with Gasteiger partial charge in [-0.15, -0.1) is 0 Å². The van der Waals surface area contributed by atoms with Gasteiger partial charge in [-0.25, -0.2) is 9.37 Å². The molecule has 3 aromatic carbocycles. The second-order valence-corrected chi connectivity index (χ2v) is 21.7. The molecule has 416 valence electrons. The Morgan fingerprint density at radius 2 is 1.65 bits per heavy atom. The maximum absolute atomic E-state index is 17.8. The number of H-pyrrole nitrogens is 1. The molecule has 3 aliphatic heterocycles. The van der Waals surface area contributed by atoms with Crippen LogP contribution in [0.2, 0.25) is 10.0 Å². The van der Waals surface area contributed by atoms with E-state index in [0.29, 0.717) is 71.8 Å². The predicted molar refractivity (Wildman–Crippen MR) is 301 cm³/mol. The van der Waals surface area contributed by atoms with Gasteiger partial charge >= 0.3 is 12.2 Å². The Morgan fingerprint density at radius 1 is 0.887 bits per heavy atom. The third-order valence-electron chi connectivity index (χ3n) is 16.0. The van der Waals surface area contributed by atoms with E-state index in [1.165, 1.54) is 31.2 Å². The summed E-state index contributed by atoms with van der Waals surface area (Å²) >= 11 is 14.6. The fourth-order valence-corrected chi connectivity index (χ4v) is 12.4. The van der Waals surface area contributed by atoms with Gasteiger partial charge < -0.3 is 29.7 Å². The van der Waals surface area contributed by atoms with Crippen molar-refractivity contribution in [3.8, 4) is 39.7 Å². The van der Waals surface area contributed by atoms with Crippen LogP contribution in [-0.4, -0.2) is 136 Å². The molecule has 8 aromatic rings. The van der Waals surface area contributed by atoms with E-state index in [2.05, 4.69) is 48.6 Å². The van der Waals surface area contributed by atoms with E-state index in [-0.39, 0.29) is 88.8 Å². The third kappa shape index (κ3) is 9.86. The number of nitrogens with zero attached hydrogens (tertiary/aromatic N) is 12. The Labute approximate surface area is 468 Å². The van der Waals surface area contributed by atoms with Gasteiger partial charge in [0, 0.05) is 96.9 Å². The number of hydrogen-bond acceptors (Lipinski definition) is 12. The minimum Gasteiger partial charge on any atom is -0.462 e. The molecule has 0 bridgehead atoms. The lowest BCUT2D eigenvalue weighted by Crippen LogP contribution is -2.53. The second-order valence-electron chi connectivity index (χ2n) is 20.9. The van der Waals surface area contributed by atoms with Crippen LogP contribution in [0.25, 0.3) is 66.4 Å². The van der Waals surface area contributed by atoms with E-state index in [9.17, 15) is 9.59 Å². The summed E-state index contributed by atoms with van der Waals surface area (Å²) in [5, 5.41) is 22.2. The molecule has 0 aliphatic carbocycles. The van der Waals surface area contributed by atoms with Crippen LogP contribution in [0.1, 0.15) is 61.0 Å². The number of likely N-dealkylation sites (N-methyl/N-ethyl adjacent to an activating group) is 1. The molecule has 5 aromatic heterocycles. The molecule has 0 radical (unpaired) electrons. The fraction of sp³-hybridized carbons (Fsp3) is 0.368. The molecule has 80 heavy (non-hydrogen) atoms. The number of piperidine rings is 1. The molecule has 2 N–H and O–H groups in total. The first-order valence-corrected chi connectivity index (χ1v) is 27.2. The highest BCUT2D eigenvalue weighted by Crippen LogP contribution is 2.48. The number of hydrogen-bond donors (Lipinski definition) is 2. The van der Waals surface area contributed by atoms with Gasteiger partial charge in [-0.3, -0.25) is 24.1 Å². The Bertz CT molecular complexity index is 3790. The molecule has 2 atom stereocenters. The van der Waals surface area contributed by atoms with E-state index in [1.807, 2.05) is 61.8 Å². The highest BCUT2D eigenvalue weighted by Gasteiger charge is 2.40. The number of likely N-dealkylation sites (tertiary alicyclic amines) is 2. The quantitative estimate of drug-likeness (QED) is 0.0828. The average molecular weight is 1130 g/mol. The predicted octanol–water partition coefficient (Wildman–Crippen LogP) is 10.7. The molecule has 17 nitrogen and oxygen atoms in total. The van der Waals surface area contributed by atoms with Crippen molar-refractivity contribution in [2.75, 3.05) is 63.1 Å². The van der Waals surface area contributed by atoms with Crippen molar-refractivity contribution in [3.05, 3.63) is 112 Å². The zero-order valence-electron chi connectivity index (χ0n) is 44.8. The largest absolute Gasteiger partial charge is 0.462 e. The topological polar surface area (TPSA) is 171 Å². The smallest absolute Gasteiger partial charge is 0.418 e. The van der Waals surface area contributed by atoms with E-state index in [0.717, 1.165) is 47.1 Å². The number of piperazine rings is 1. The summed E-state index contributed by atoms with van der Waals surface area (Å²) < 4.78 is 74.0. The van der Waals surface area contributed by atoms with Crippen LogP contribution >= 0.6 is 23.2 Å². The SMILES string of the molecule is C=CC(=O)N1CCC(n2nc(-c3ccc4c(cnn4C)c3)c(-c3c(Cl)c(CNc4cc(C)c(C(F)(F)F)c(-c5c(Cl)cc6c(N7CCN(C(=O)C=C)CC7C)nc(OCC7CCCN7C)nc6c5F)n4)cc4[nH]ncc34)c2C)CC1. The summed E-state index contributed by atoms with van der Waals surface area (Å²) in [6, 6.07) is 9.93. The molecular weight excluding hydrogens is 1080 g/mol. The lowest BCUT2D eigenvalue weighted by atomic mass is 9.94. The van der Waals surface area contributed by atoms with E-state index < -0.39 is 28.8 Å². The lowest BCUT2D eigenvalue weighted by molar-refractivity contribution is -0.137. The molecule has 3 saturated heterocycles. The van der Waals surface area contributed by atoms with Gasteiger partial charge in [0.25, 0.3) is 0 Å². The van der Waals surface area contributed by atoms with Gasteiger partial charge in [0.2, 0.25) is 11.8 Å². The van der Waals surface area contributed by atoms with Gasteiger partial charge in [-0.05, 0) is 114 Å². The van der Waals surface area contributed by atoms with Gasteiger partial charge in [-0.2, -0.15) is 38.4 Å². The number of rotatable bonds is 13. The third-order valence-corrected chi connectivity index (χ3v) is 16.7. The van der Waals surface area contributed by atoms with Crippen LogP contribution in [0.3, 0.4) is 0 Å². The Hall–Kier alpha value is -7.62. The van der Waals surface area contributed by atoms with Gasteiger partial charge in [-0.1, -0.05) is 42.4 Å². The standard InChI is InChI=1S/C57H58Cl2F4N14O3/c1-8-44(78)74-17-14-36(15-18-74)77-32(5)46(52(71-77)33-12-13-42-34(22-33)26-66-73(42)7)47-39-27-65-70-41(39)23-35(50(47)59)25-64-43-21-30(3)49(57(61,62)63)54(67-43)48-40(58)24-38-53(51(48)60)68-56(80-29-37-11-10-16-72(37)6)69-55(38)76-20-19-75(28-31(76)4)45(79)9-2/h8-9,12-13,21-24,26-27,31,36-37H,1-2,10-11,14-20,25,28-29H2,3-7H3,(H,64,67)(H,65,70). The highest BCUT2D eigenvalue weighted by atomic mass is 35.5. The molecule has 0 saturated carbocycles. The fourth-order valence-electron chi connectivity index (χ4n) is 11.8. The lowest BCUT2D eigenvalue weighted by Gasteiger charge is -2.40. The molecule has 3 fully saturated rings. The van der Waals surface area contributed by atoms with Crippen LogP contribution in [0.15, 0.2) is 74.1 Å². The maximum Gasteiger partial charge on any atom is 0.418 e. The minimum absolute atomic E-state index is 0.0204. The second kappa shape index (κ2) is 21.5. The van der Waals surface area contributed by atoms with Crippen molar-refractivity contribution in [1.82, 2.24) is 59.4 Å². The number of pyridine rings is 1. The average Bonchev–Trinajstić information content (AvgIpc) is 4.29. The summed E-state index contributed by atoms with van der Waals surface area (Å²) in [5.74, 6) is -1.28. The van der Waals surface area contributed by atoms with Crippen molar-refractivity contribution < 1.29 is 31.9 Å². The first-order valence-electron chi connectivity index (χ1n) is 26.4. The van der Waals surface area contributed by atoms with Crippen LogP contribution in [0.4, 0.5) is 29.2 Å². The molecule has 0 spiro atoms. The number of fused-ring (bicyclic) bond motifs is 3. The number of aromatic amines is 1. The number of alkyl halides is 3. The molecule has 23 heteroatoms. The minimum atomic E-state index is -5.00. The van der Waals surface area contributed by atoms with E-state index in [1.54, 1.807) is 26.9 Å². The zero-order valence-corrected chi connectivity index (χ0v) is 46.3. The first-order chi connectivity index (χ1) is 38.3. The molecule has 2 unspecified atom stereocenters. The molecule has 3 aliphatic rings. The van der Waals surface area contributed by atoms with Crippen LogP contribution in [0.5, 0.6) is 6.01 Å². The summed E-state index contributed by atoms with van der Waals surface area (Å²) in [5.41, 5.74) is 2.65. The number of amides is 2. The van der Waals surface area contributed by atoms with Crippen molar-refractivity contribution in [1.29, 1.82) is 0 Å². The number of carbonyl (C=O) groups is 2. The van der Waals surface area contributed by atoms with Crippen LogP contribution in [0, 0.1) is 19.7 Å². The van der Waals surface area contributed by atoms with Crippen LogP contribution < -0.4 is 15.0 Å². The maximum atomic E-state index is 17.8. The van der Waals surface area contributed by atoms with E-state index >= 15 is 17.6 Å². The first kappa shape index (κ1) is 54.3. The normalized spacial score (nSPS) is 17.6. The molecular formula is C57H58Cl2F4N14O3. The monoisotopic (exact) mass is 1130 g/mol. The molecule has 11 rings (SSSR count).